The van der Waals surface area contributed by atoms with Crippen molar-refractivity contribution in [2.45, 2.75) is 25.9 Å². The monoisotopic (exact) mass is 273 g/mol. The lowest BCUT2D eigenvalue weighted by Crippen LogP contribution is -2.26. The summed E-state index contributed by atoms with van der Waals surface area (Å²) >= 11 is 0. The molecule has 20 heavy (non-hydrogen) atoms. The van der Waals surface area contributed by atoms with Crippen LogP contribution in [0.2, 0.25) is 0 Å². The van der Waals surface area contributed by atoms with Crippen molar-refractivity contribution in [2.75, 3.05) is 13.1 Å². The van der Waals surface area contributed by atoms with Gasteiger partial charge in [0.15, 0.2) is 0 Å². The molecule has 0 aliphatic carbocycles. The van der Waals surface area contributed by atoms with Crippen molar-refractivity contribution in [1.29, 1.82) is 0 Å². The maximum atomic E-state index is 9.87. The topological polar surface area (TPSA) is 45.4 Å². The fourth-order valence-electron chi connectivity index (χ4n) is 2.21. The minimum atomic E-state index is -0.564. The molecule has 3 nitrogen and oxygen atoms in total. The van der Waals surface area contributed by atoms with Gasteiger partial charge in [-0.25, -0.2) is 0 Å². The van der Waals surface area contributed by atoms with E-state index in [0.717, 1.165) is 19.4 Å². The van der Waals surface area contributed by atoms with Crippen LogP contribution in [0.5, 0.6) is 0 Å². The number of furan rings is 1. The van der Waals surface area contributed by atoms with E-state index in [4.69, 9.17) is 4.42 Å². The van der Waals surface area contributed by atoms with E-state index in [-0.39, 0.29) is 0 Å². The van der Waals surface area contributed by atoms with Gasteiger partial charge in [0.05, 0.1) is 6.26 Å². The van der Waals surface area contributed by atoms with Crippen molar-refractivity contribution in [1.82, 2.24) is 5.32 Å². The summed E-state index contributed by atoms with van der Waals surface area (Å²) in [4.78, 5) is 0. The standard InChI is InChI=1S/C17H23NO2/c1-14(9-10-15-6-3-2-4-7-15)12-18-13-16(19)17-8-5-11-20-17/h2-8,11,14,16,18-19H,9-10,12-13H2,1H3/t14-,16-/m0/s1. The molecule has 0 saturated carbocycles. The van der Waals surface area contributed by atoms with Gasteiger partial charge in [-0.3, -0.25) is 0 Å². The Morgan fingerprint density at radius 3 is 2.60 bits per heavy atom. The first-order chi connectivity index (χ1) is 9.75. The van der Waals surface area contributed by atoms with Crippen LogP contribution in [0.3, 0.4) is 0 Å². The molecule has 0 saturated heterocycles. The van der Waals surface area contributed by atoms with Crippen molar-refractivity contribution in [3.05, 3.63) is 60.1 Å². The number of hydrogen-bond acceptors (Lipinski definition) is 3. The van der Waals surface area contributed by atoms with E-state index in [0.29, 0.717) is 18.2 Å². The first kappa shape index (κ1) is 14.8. The molecule has 0 amide bonds. The second-order valence-corrected chi connectivity index (χ2v) is 5.32. The van der Waals surface area contributed by atoms with Gasteiger partial charge in [-0.05, 0) is 43.0 Å². The average Bonchev–Trinajstić information content (AvgIpc) is 3.00. The normalized spacial score (nSPS) is 14.1. The van der Waals surface area contributed by atoms with Crippen molar-refractivity contribution in [3.8, 4) is 0 Å². The zero-order valence-electron chi connectivity index (χ0n) is 12.0. The van der Waals surface area contributed by atoms with Crippen LogP contribution in [0.1, 0.15) is 30.8 Å². The summed E-state index contributed by atoms with van der Waals surface area (Å²) in [5.74, 6) is 1.20. The van der Waals surface area contributed by atoms with Crippen LogP contribution in [-0.2, 0) is 6.42 Å². The molecule has 108 valence electrons. The first-order valence-corrected chi connectivity index (χ1v) is 7.22. The van der Waals surface area contributed by atoms with Gasteiger partial charge < -0.3 is 14.8 Å². The van der Waals surface area contributed by atoms with Crippen molar-refractivity contribution in [2.24, 2.45) is 5.92 Å². The molecule has 2 atom stereocenters. The van der Waals surface area contributed by atoms with Crippen LogP contribution >= 0.6 is 0 Å². The largest absolute Gasteiger partial charge is 0.467 e. The molecule has 2 N–H and O–H groups in total. The number of aryl methyl sites for hydroxylation is 1. The van der Waals surface area contributed by atoms with Gasteiger partial charge in [0, 0.05) is 6.54 Å². The second kappa shape index (κ2) is 7.88. The fourth-order valence-corrected chi connectivity index (χ4v) is 2.21. The summed E-state index contributed by atoms with van der Waals surface area (Å²) in [7, 11) is 0. The SMILES string of the molecule is C[C@@H](CCc1ccccc1)CNC[C@H](O)c1ccco1. The average molecular weight is 273 g/mol. The summed E-state index contributed by atoms with van der Waals surface area (Å²) in [5.41, 5.74) is 1.38. The van der Waals surface area contributed by atoms with E-state index >= 15 is 0 Å². The summed E-state index contributed by atoms with van der Waals surface area (Å²) in [6.45, 7) is 3.67. The molecule has 0 aliphatic heterocycles. The lowest BCUT2D eigenvalue weighted by molar-refractivity contribution is 0.146. The predicted octanol–water partition coefficient (Wildman–Crippen LogP) is 3.17. The molecule has 2 rings (SSSR count). The maximum Gasteiger partial charge on any atom is 0.133 e. The van der Waals surface area contributed by atoms with Crippen LogP contribution in [0, 0.1) is 5.92 Å². The van der Waals surface area contributed by atoms with E-state index in [2.05, 4.69) is 36.5 Å². The lowest BCUT2D eigenvalue weighted by atomic mass is 10.0. The second-order valence-electron chi connectivity index (χ2n) is 5.32. The molecule has 0 fully saturated rings. The Kier molecular flexibility index (Phi) is 5.84. The fraction of sp³-hybridized carbons (Fsp3) is 0.412. The van der Waals surface area contributed by atoms with E-state index in [1.807, 2.05) is 6.07 Å². The van der Waals surface area contributed by atoms with Gasteiger partial charge in [0.1, 0.15) is 11.9 Å². The third-order valence-corrected chi connectivity index (χ3v) is 3.47. The van der Waals surface area contributed by atoms with Crippen LogP contribution in [0.25, 0.3) is 0 Å². The van der Waals surface area contributed by atoms with Gasteiger partial charge in [-0.15, -0.1) is 0 Å². The lowest BCUT2D eigenvalue weighted by Gasteiger charge is -2.14. The zero-order valence-corrected chi connectivity index (χ0v) is 12.0. The third kappa shape index (κ3) is 4.83. The van der Waals surface area contributed by atoms with E-state index in [9.17, 15) is 5.11 Å². The van der Waals surface area contributed by atoms with E-state index in [1.165, 1.54) is 5.56 Å². The minimum absolute atomic E-state index is 0.531. The van der Waals surface area contributed by atoms with Crippen molar-refractivity contribution >= 4 is 0 Å². The number of rotatable bonds is 8. The Morgan fingerprint density at radius 1 is 1.10 bits per heavy atom. The molecule has 0 radical (unpaired) electrons. The van der Waals surface area contributed by atoms with Gasteiger partial charge in [-0.2, -0.15) is 0 Å². The highest BCUT2D eigenvalue weighted by Crippen LogP contribution is 2.12. The molecule has 0 unspecified atom stereocenters. The molecule has 0 aliphatic rings. The molecule has 2 aromatic rings. The molecular weight excluding hydrogens is 250 g/mol. The summed E-state index contributed by atoms with van der Waals surface area (Å²) < 4.78 is 5.17. The van der Waals surface area contributed by atoms with E-state index < -0.39 is 6.10 Å². The Morgan fingerprint density at radius 2 is 1.90 bits per heavy atom. The summed E-state index contributed by atoms with van der Waals surface area (Å²) in [6, 6.07) is 14.1. The quantitative estimate of drug-likeness (QED) is 0.776. The minimum Gasteiger partial charge on any atom is -0.467 e. The highest BCUT2D eigenvalue weighted by Gasteiger charge is 2.10. The number of aliphatic hydroxyl groups excluding tert-OH is 1. The number of hydrogen-bond donors (Lipinski definition) is 2. The number of nitrogens with one attached hydrogen (secondary N) is 1. The number of aliphatic hydroxyl groups is 1. The Labute approximate surface area is 120 Å². The number of benzene rings is 1. The zero-order chi connectivity index (χ0) is 14.2. The van der Waals surface area contributed by atoms with Crippen molar-refractivity contribution < 1.29 is 9.52 Å². The Balaban J connectivity index is 1.62. The molecule has 1 aromatic heterocycles. The summed E-state index contributed by atoms with van der Waals surface area (Å²) in [5, 5.41) is 13.2. The van der Waals surface area contributed by atoms with Crippen LogP contribution in [-0.4, -0.2) is 18.2 Å². The summed E-state index contributed by atoms with van der Waals surface area (Å²) in [6.07, 6.45) is 3.27. The first-order valence-electron chi connectivity index (χ1n) is 7.22. The van der Waals surface area contributed by atoms with Gasteiger partial charge >= 0.3 is 0 Å². The third-order valence-electron chi connectivity index (χ3n) is 3.47. The van der Waals surface area contributed by atoms with Crippen molar-refractivity contribution in [3.63, 3.8) is 0 Å². The molecular formula is C17H23NO2. The van der Waals surface area contributed by atoms with Crippen LogP contribution < -0.4 is 5.32 Å². The van der Waals surface area contributed by atoms with Gasteiger partial charge in [-0.1, -0.05) is 37.3 Å². The molecule has 0 bridgehead atoms. The van der Waals surface area contributed by atoms with E-state index in [1.54, 1.807) is 18.4 Å². The van der Waals surface area contributed by atoms with Crippen LogP contribution in [0.4, 0.5) is 0 Å². The smallest absolute Gasteiger partial charge is 0.133 e. The molecule has 1 heterocycles. The Hall–Kier alpha value is -1.58. The van der Waals surface area contributed by atoms with Gasteiger partial charge in [0.2, 0.25) is 0 Å². The highest BCUT2D eigenvalue weighted by atomic mass is 16.4. The predicted molar refractivity (Wildman–Crippen MR) is 80.5 cm³/mol. The van der Waals surface area contributed by atoms with Crippen LogP contribution in [0.15, 0.2) is 53.1 Å². The van der Waals surface area contributed by atoms with Gasteiger partial charge in [0.25, 0.3) is 0 Å². The molecule has 1 aromatic carbocycles. The highest BCUT2D eigenvalue weighted by molar-refractivity contribution is 5.14. The molecule has 3 heteroatoms. The molecule has 0 spiro atoms. The maximum absolute atomic E-state index is 9.87. The Bertz CT molecular complexity index is 467.